The van der Waals surface area contributed by atoms with Gasteiger partial charge in [0.15, 0.2) is 56.1 Å². The molecule has 0 amide bonds. The molecule has 28 nitrogen and oxygen atoms in total. The molecule has 0 aliphatic carbocycles. The molecule has 774 valence electrons. The molecule has 6 aliphatic rings. The summed E-state index contributed by atoms with van der Waals surface area (Å²) in [5, 5.41) is 12.2. The third-order valence-electron chi connectivity index (χ3n) is 26.4. The largest absolute Gasteiger partial charge is 0.452 e. The molecule has 0 bridgehead atoms. The number of aliphatic hydroxyl groups is 1. The standard InChI is InChI=1S/C121H122O28/c122-113(92-60-34-11-35-61-92)144-105-99(138-116(125)107(105)145-114(123)93-62-36-12-37-63-93)80-136-118-112(146-115(124)94-64-38-13-39-65-94)106(147-121-111(104(133-73-89-54-28-8-29-55-89)98(143-121)79-129-69-85-46-20-4-21-47-85)149-120-109(135-75-91-58-32-10-33-59-91)102(131-71-87-50-24-6-25-51-87)96(142-120)77-127-67-83-42-16-2-17-43-83)100(140-118)81-137-117-110(103(132-72-88-52-26-7-27-53-88)97(139-117)78-128-68-84-44-18-3-19-45-84)148-119-108(134-74-90-56-30-9-31-57-90)101(130-70-86-48-22-5-23-49-86)95(141-119)76-126-66-82-40-14-1-15-41-82/h1-65,95-112,116-121,125H,66-81H2/t95-,96-,97-,98-,99-,100-,101-,102-,103-,104-,105-,106-,107+,108+,109+,110+,111+,112+,116+,117+,118+,119+,120+,121-/m1/s1. The van der Waals surface area contributed by atoms with Crippen LogP contribution in [-0.2, 0) is 180 Å². The van der Waals surface area contributed by atoms with E-state index in [1.54, 1.807) is 78.9 Å². The summed E-state index contributed by atoms with van der Waals surface area (Å²) in [4.78, 5) is 44.5. The van der Waals surface area contributed by atoms with E-state index in [0.29, 0.717) is 0 Å². The second-order valence-corrected chi connectivity index (χ2v) is 37.0. The van der Waals surface area contributed by atoms with Crippen molar-refractivity contribution >= 4 is 17.9 Å². The summed E-state index contributed by atoms with van der Waals surface area (Å²) in [6, 6.07) is 122. The predicted octanol–water partition coefficient (Wildman–Crippen LogP) is 17.6. The lowest BCUT2D eigenvalue weighted by Gasteiger charge is -2.33. The Morgan fingerprint density at radius 1 is 0.181 bits per heavy atom. The van der Waals surface area contributed by atoms with Crippen LogP contribution in [0.4, 0.5) is 0 Å². The number of carbonyl (C=O) groups is 3. The second-order valence-electron chi connectivity index (χ2n) is 37.0. The molecule has 6 aliphatic heterocycles. The highest BCUT2D eigenvalue weighted by Crippen LogP contribution is 2.43. The number of rotatable bonds is 52. The summed E-state index contributed by atoms with van der Waals surface area (Å²) in [7, 11) is 0. The van der Waals surface area contributed by atoms with Crippen LogP contribution in [0.2, 0.25) is 0 Å². The molecule has 149 heavy (non-hydrogen) atoms. The van der Waals surface area contributed by atoms with E-state index in [9.17, 15) is 14.7 Å². The van der Waals surface area contributed by atoms with Crippen molar-refractivity contribution in [2.75, 3.05) is 39.6 Å². The Hall–Kier alpha value is -12.6. The van der Waals surface area contributed by atoms with Crippen LogP contribution in [0, 0.1) is 0 Å². The summed E-state index contributed by atoms with van der Waals surface area (Å²) >= 11 is 0. The van der Waals surface area contributed by atoms with Crippen molar-refractivity contribution < 1.29 is 133 Å². The molecule has 24 atom stereocenters. The molecule has 6 saturated heterocycles. The Morgan fingerprint density at radius 3 is 0.658 bits per heavy atom. The average molecular weight is 2020 g/mol. The number of carbonyl (C=O) groups excluding carboxylic acids is 3. The number of aliphatic hydroxyl groups excluding tert-OH is 1. The zero-order valence-corrected chi connectivity index (χ0v) is 82.2. The first-order chi connectivity index (χ1) is 73.5. The van der Waals surface area contributed by atoms with E-state index < -0.39 is 179 Å². The van der Waals surface area contributed by atoms with E-state index in [1.807, 2.05) is 303 Å². The lowest BCUT2D eigenvalue weighted by Crippen LogP contribution is -2.49. The fourth-order valence-electron chi connectivity index (χ4n) is 18.8. The van der Waals surface area contributed by atoms with Crippen molar-refractivity contribution in [2.24, 2.45) is 0 Å². The van der Waals surface area contributed by atoms with Gasteiger partial charge in [-0.1, -0.05) is 358 Å². The SMILES string of the molecule is O=C(O[C@@H]1[C@@H](OC[C@H]2O[C@H](O)[C@@H](OC(=O)c3ccccc3)[C@@H]2OC(=O)c2ccccc2)O[C@H](CO[C@H]2O[C@H](COCc3ccccc3)[C@@H](OCc3ccccc3)[C@@H]2O[C@@H]2O[C@H](COCc3ccccc3)[C@@H](OCc3ccccc3)[C@@H]2OCc2ccccc2)[C@H]1O[C@H]1O[C@H](COCc2ccccc2)[C@@H](OCc2ccccc2)[C@@H]1O[C@@H]1O[C@H](COCc2ccccc2)[C@@H](OCc2ccccc2)[C@@H]1OCc1ccccc1)c1ccccc1. The van der Waals surface area contributed by atoms with Crippen molar-refractivity contribution in [2.45, 2.75) is 214 Å². The molecule has 13 aromatic carbocycles. The lowest BCUT2D eigenvalue weighted by molar-refractivity contribution is -0.275. The second kappa shape index (κ2) is 54.2. The molecule has 0 radical (unpaired) electrons. The van der Waals surface area contributed by atoms with E-state index in [1.165, 1.54) is 12.1 Å². The van der Waals surface area contributed by atoms with Crippen molar-refractivity contribution in [3.63, 3.8) is 0 Å². The average Bonchev–Trinajstić information content (AvgIpc) is 1.62. The number of hydrogen-bond acceptors (Lipinski definition) is 28. The minimum atomic E-state index is -1.92. The highest BCUT2D eigenvalue weighted by Gasteiger charge is 2.61. The lowest BCUT2D eigenvalue weighted by atomic mass is 10.1. The summed E-state index contributed by atoms with van der Waals surface area (Å²) in [5.41, 5.74) is 9.07. The van der Waals surface area contributed by atoms with Crippen LogP contribution in [0.15, 0.2) is 394 Å². The van der Waals surface area contributed by atoms with Crippen molar-refractivity contribution in [1.29, 1.82) is 0 Å². The third-order valence-corrected chi connectivity index (χ3v) is 26.4. The van der Waals surface area contributed by atoms with Crippen molar-refractivity contribution in [1.82, 2.24) is 0 Å². The smallest absolute Gasteiger partial charge is 0.338 e. The molecule has 0 saturated carbocycles. The van der Waals surface area contributed by atoms with E-state index in [-0.39, 0.29) is 109 Å². The summed E-state index contributed by atoms with van der Waals surface area (Å²) in [6.45, 7) is -0.0856. The zero-order valence-electron chi connectivity index (χ0n) is 82.2. The van der Waals surface area contributed by atoms with Gasteiger partial charge < -0.3 is 119 Å². The summed E-state index contributed by atoms with van der Waals surface area (Å²) in [5.74, 6) is -2.58. The Bertz CT molecular complexity index is 6110. The van der Waals surface area contributed by atoms with Crippen molar-refractivity contribution in [3.8, 4) is 0 Å². The normalized spacial score (nSPS) is 26.5. The van der Waals surface area contributed by atoms with Crippen LogP contribution in [0.3, 0.4) is 0 Å². The summed E-state index contributed by atoms with van der Waals surface area (Å²) < 4.78 is 170. The Labute approximate surface area is 866 Å². The maximum atomic E-state index is 15.7. The first kappa shape index (κ1) is 105. The van der Waals surface area contributed by atoms with Gasteiger partial charge in [0.1, 0.15) is 91.6 Å². The maximum Gasteiger partial charge on any atom is 0.338 e. The van der Waals surface area contributed by atoms with Gasteiger partial charge in [0.05, 0.1) is 122 Å². The first-order valence-electron chi connectivity index (χ1n) is 50.5. The van der Waals surface area contributed by atoms with Crippen LogP contribution in [0.5, 0.6) is 0 Å². The number of hydrogen-bond donors (Lipinski definition) is 1. The van der Waals surface area contributed by atoms with Gasteiger partial charge in [0, 0.05) is 0 Å². The van der Waals surface area contributed by atoms with Gasteiger partial charge in [-0.3, -0.25) is 0 Å². The molecule has 13 aromatic rings. The van der Waals surface area contributed by atoms with E-state index in [4.69, 9.17) is 114 Å². The summed E-state index contributed by atoms with van der Waals surface area (Å²) in [6.07, 6.45) is -31.4. The molecule has 19 rings (SSSR count). The third kappa shape index (κ3) is 29.2. The molecule has 0 spiro atoms. The molecular weight excluding hydrogens is 1900 g/mol. The number of benzene rings is 13. The minimum absolute atomic E-state index is 0.00447. The molecule has 0 aromatic heterocycles. The highest BCUT2D eigenvalue weighted by atomic mass is 16.8. The highest BCUT2D eigenvalue weighted by molar-refractivity contribution is 5.91. The number of esters is 3. The molecule has 1 N–H and O–H groups in total. The molecular formula is C121H122O28. The van der Waals surface area contributed by atoms with Crippen molar-refractivity contribution in [3.05, 3.63) is 467 Å². The fraction of sp³-hybridized carbons (Fsp3) is 0.331. The predicted molar refractivity (Wildman–Crippen MR) is 542 cm³/mol. The van der Waals surface area contributed by atoms with Gasteiger partial charge in [-0.05, 0) is 92.0 Å². The van der Waals surface area contributed by atoms with Gasteiger partial charge >= 0.3 is 17.9 Å². The van der Waals surface area contributed by atoms with Crippen LogP contribution in [-0.4, -0.2) is 210 Å². The van der Waals surface area contributed by atoms with Crippen LogP contribution in [0.25, 0.3) is 0 Å². The van der Waals surface area contributed by atoms with Crippen LogP contribution in [0.1, 0.15) is 86.7 Å². The fourth-order valence-corrected chi connectivity index (χ4v) is 18.8. The quantitative estimate of drug-likeness (QED) is 0.0274. The van der Waals surface area contributed by atoms with E-state index >= 15 is 4.79 Å². The van der Waals surface area contributed by atoms with Crippen LogP contribution < -0.4 is 0 Å². The van der Waals surface area contributed by atoms with E-state index in [0.717, 1.165) is 55.6 Å². The minimum Gasteiger partial charge on any atom is -0.452 e. The Balaban J connectivity index is 0.728. The van der Waals surface area contributed by atoms with Crippen LogP contribution >= 0.6 is 0 Å². The van der Waals surface area contributed by atoms with E-state index in [2.05, 4.69) is 0 Å². The monoisotopic (exact) mass is 2020 g/mol. The molecule has 0 unspecified atom stereocenters. The molecule has 6 fully saturated rings. The Kier molecular flexibility index (Phi) is 38.2. The Morgan fingerprint density at radius 2 is 0.376 bits per heavy atom. The van der Waals surface area contributed by atoms with Gasteiger partial charge in [-0.15, -0.1) is 0 Å². The first-order valence-corrected chi connectivity index (χ1v) is 50.5. The van der Waals surface area contributed by atoms with Gasteiger partial charge in [-0.2, -0.15) is 0 Å². The molecule has 6 heterocycles. The zero-order chi connectivity index (χ0) is 101. The molecule has 28 heteroatoms. The van der Waals surface area contributed by atoms with Gasteiger partial charge in [-0.25, -0.2) is 14.4 Å². The maximum absolute atomic E-state index is 15.7. The number of ether oxygens (including phenoxy) is 24. The van der Waals surface area contributed by atoms with Gasteiger partial charge in [0.25, 0.3) is 0 Å². The topological polar surface area (TPSA) is 293 Å². The van der Waals surface area contributed by atoms with Gasteiger partial charge in [0.2, 0.25) is 0 Å².